The van der Waals surface area contributed by atoms with E-state index in [1.807, 2.05) is 0 Å². The molecule has 0 aromatic carbocycles. The highest BCUT2D eigenvalue weighted by Gasteiger charge is 2.42. The molecule has 0 bridgehead atoms. The summed E-state index contributed by atoms with van der Waals surface area (Å²) >= 11 is 0. The largest absolute Gasteiger partial charge is 0.393 e. The number of rotatable bonds is 4. The number of halogens is 3. The van der Waals surface area contributed by atoms with Crippen LogP contribution in [0.5, 0.6) is 0 Å². The zero-order valence-electron chi connectivity index (χ0n) is 10.3. The Labute approximate surface area is 105 Å². The van der Waals surface area contributed by atoms with Crippen LogP contribution in [0.15, 0.2) is 0 Å². The number of hydrogen-bond donors (Lipinski definition) is 1. The molecule has 0 radical (unpaired) electrons. The van der Waals surface area contributed by atoms with Crippen molar-refractivity contribution in [2.45, 2.75) is 44.3 Å². The van der Waals surface area contributed by atoms with Crippen LogP contribution < -0.4 is 5.32 Å². The molecule has 1 N–H and O–H groups in total. The summed E-state index contributed by atoms with van der Waals surface area (Å²) in [6.07, 6.45) is -0.978. The first-order chi connectivity index (χ1) is 8.47. The maximum Gasteiger partial charge on any atom is 0.393 e. The maximum atomic E-state index is 12.6. The van der Waals surface area contributed by atoms with Crippen molar-refractivity contribution in [3.8, 4) is 0 Å². The molecule has 18 heavy (non-hydrogen) atoms. The van der Waals surface area contributed by atoms with E-state index in [9.17, 15) is 18.0 Å². The van der Waals surface area contributed by atoms with Crippen LogP contribution >= 0.6 is 0 Å². The third-order valence-electron chi connectivity index (χ3n) is 3.59. The number of nitrogens with one attached hydrogen (secondary N) is 1. The molecular formula is C12H19F3N2O. The summed E-state index contributed by atoms with van der Waals surface area (Å²) in [5, 5.41) is 3.20. The van der Waals surface area contributed by atoms with Gasteiger partial charge in [-0.15, -0.1) is 0 Å². The van der Waals surface area contributed by atoms with Gasteiger partial charge in [0, 0.05) is 32.1 Å². The highest BCUT2D eigenvalue weighted by Crippen LogP contribution is 2.33. The van der Waals surface area contributed by atoms with Crippen molar-refractivity contribution in [2.75, 3.05) is 19.6 Å². The van der Waals surface area contributed by atoms with Gasteiger partial charge in [-0.2, -0.15) is 13.2 Å². The van der Waals surface area contributed by atoms with E-state index in [0.717, 1.165) is 12.8 Å². The quantitative estimate of drug-likeness (QED) is 0.841. The maximum absolute atomic E-state index is 12.6. The van der Waals surface area contributed by atoms with Crippen LogP contribution in [-0.2, 0) is 4.79 Å². The summed E-state index contributed by atoms with van der Waals surface area (Å²) in [7, 11) is 0. The van der Waals surface area contributed by atoms with Gasteiger partial charge < -0.3 is 10.2 Å². The Balaban J connectivity index is 1.74. The Hall–Kier alpha value is -0.780. The highest BCUT2D eigenvalue weighted by atomic mass is 19.4. The lowest BCUT2D eigenvalue weighted by atomic mass is 9.97. The van der Waals surface area contributed by atoms with Crippen molar-refractivity contribution in [2.24, 2.45) is 5.92 Å². The van der Waals surface area contributed by atoms with E-state index in [2.05, 4.69) is 5.32 Å². The third kappa shape index (κ3) is 3.86. The summed E-state index contributed by atoms with van der Waals surface area (Å²) in [6.45, 7) is 0.886. The van der Waals surface area contributed by atoms with E-state index < -0.39 is 12.1 Å². The molecule has 1 saturated heterocycles. The van der Waals surface area contributed by atoms with Crippen molar-refractivity contribution in [3.63, 3.8) is 0 Å². The Bertz CT molecular complexity index is 302. The molecule has 1 amide bonds. The molecule has 2 rings (SSSR count). The summed E-state index contributed by atoms with van der Waals surface area (Å²) in [5.41, 5.74) is 0. The summed E-state index contributed by atoms with van der Waals surface area (Å²) in [6, 6.07) is 0.530. The van der Waals surface area contributed by atoms with E-state index in [1.165, 1.54) is 4.90 Å². The lowest BCUT2D eigenvalue weighted by molar-refractivity contribution is -0.188. The molecule has 104 valence electrons. The normalized spacial score (nSPS) is 25.3. The van der Waals surface area contributed by atoms with Crippen molar-refractivity contribution < 1.29 is 18.0 Å². The van der Waals surface area contributed by atoms with Gasteiger partial charge in [0.15, 0.2) is 0 Å². The monoisotopic (exact) mass is 264 g/mol. The lowest BCUT2D eigenvalue weighted by Gasteiger charge is -2.33. The minimum atomic E-state index is -4.18. The molecule has 0 aromatic rings. The van der Waals surface area contributed by atoms with Gasteiger partial charge >= 0.3 is 6.18 Å². The molecule has 1 aliphatic carbocycles. The van der Waals surface area contributed by atoms with E-state index in [4.69, 9.17) is 0 Å². The molecule has 2 aliphatic rings. The SMILES string of the molecule is O=C(CCNC1CC1)N1CCCC(C(F)(F)F)C1. The Kier molecular flexibility index (Phi) is 4.14. The molecule has 3 nitrogen and oxygen atoms in total. The number of alkyl halides is 3. The average molecular weight is 264 g/mol. The van der Waals surface area contributed by atoms with Gasteiger partial charge in [0.05, 0.1) is 5.92 Å². The molecule has 6 heteroatoms. The molecule has 0 spiro atoms. The fourth-order valence-corrected chi connectivity index (χ4v) is 2.30. The van der Waals surface area contributed by atoms with Gasteiger partial charge in [-0.05, 0) is 25.7 Å². The first kappa shape index (κ1) is 13.6. The van der Waals surface area contributed by atoms with Gasteiger partial charge in [-0.1, -0.05) is 0 Å². The first-order valence-electron chi connectivity index (χ1n) is 6.54. The second-order valence-corrected chi connectivity index (χ2v) is 5.20. The van der Waals surface area contributed by atoms with Gasteiger partial charge in [0.1, 0.15) is 0 Å². The van der Waals surface area contributed by atoms with E-state index in [-0.39, 0.29) is 18.9 Å². The first-order valence-corrected chi connectivity index (χ1v) is 6.54. The average Bonchev–Trinajstić information content (AvgIpc) is 3.12. The molecule has 2 fully saturated rings. The predicted octanol–water partition coefficient (Wildman–Crippen LogP) is 1.93. The minimum Gasteiger partial charge on any atom is -0.342 e. The predicted molar refractivity (Wildman–Crippen MR) is 61.0 cm³/mol. The molecule has 1 saturated carbocycles. The summed E-state index contributed by atoms with van der Waals surface area (Å²) < 4.78 is 37.8. The number of amides is 1. The fourth-order valence-electron chi connectivity index (χ4n) is 2.30. The van der Waals surface area contributed by atoms with Crippen molar-refractivity contribution in [1.29, 1.82) is 0 Å². The second kappa shape index (κ2) is 5.47. The highest BCUT2D eigenvalue weighted by molar-refractivity contribution is 5.76. The van der Waals surface area contributed by atoms with E-state index in [1.54, 1.807) is 0 Å². The van der Waals surface area contributed by atoms with Gasteiger partial charge in [-0.25, -0.2) is 0 Å². The topological polar surface area (TPSA) is 32.3 Å². The fraction of sp³-hybridized carbons (Fsp3) is 0.917. The number of likely N-dealkylation sites (tertiary alicyclic amines) is 1. The number of carbonyl (C=O) groups excluding carboxylic acids is 1. The number of nitrogens with zero attached hydrogens (tertiary/aromatic N) is 1. The van der Waals surface area contributed by atoms with Crippen molar-refractivity contribution >= 4 is 5.91 Å². The zero-order chi connectivity index (χ0) is 13.2. The molecular weight excluding hydrogens is 245 g/mol. The van der Waals surface area contributed by atoms with Crippen LogP contribution in [0.2, 0.25) is 0 Å². The van der Waals surface area contributed by atoms with Crippen LogP contribution in [0.25, 0.3) is 0 Å². The number of carbonyl (C=O) groups is 1. The lowest BCUT2D eigenvalue weighted by Crippen LogP contribution is -2.45. The van der Waals surface area contributed by atoms with E-state index >= 15 is 0 Å². The minimum absolute atomic E-state index is 0.146. The molecule has 0 aromatic heterocycles. The van der Waals surface area contributed by atoms with Crippen molar-refractivity contribution in [1.82, 2.24) is 10.2 Å². The van der Waals surface area contributed by atoms with Crippen LogP contribution in [0.3, 0.4) is 0 Å². The number of piperidine rings is 1. The number of hydrogen-bond acceptors (Lipinski definition) is 2. The van der Waals surface area contributed by atoms with Gasteiger partial charge in [0.25, 0.3) is 0 Å². The van der Waals surface area contributed by atoms with Crippen LogP contribution in [0.1, 0.15) is 32.1 Å². The molecule has 1 unspecified atom stereocenters. The smallest absolute Gasteiger partial charge is 0.342 e. The molecule has 1 aliphatic heterocycles. The van der Waals surface area contributed by atoms with Crippen LogP contribution in [0, 0.1) is 5.92 Å². The van der Waals surface area contributed by atoms with Gasteiger partial charge in [-0.3, -0.25) is 4.79 Å². The molecule has 1 atom stereocenters. The van der Waals surface area contributed by atoms with Crippen LogP contribution in [0.4, 0.5) is 13.2 Å². The Morgan fingerprint density at radius 3 is 2.61 bits per heavy atom. The third-order valence-corrected chi connectivity index (χ3v) is 3.59. The molecule has 1 heterocycles. The Morgan fingerprint density at radius 2 is 2.00 bits per heavy atom. The zero-order valence-corrected chi connectivity index (χ0v) is 10.3. The van der Waals surface area contributed by atoms with E-state index in [0.29, 0.717) is 32.0 Å². The van der Waals surface area contributed by atoms with Crippen molar-refractivity contribution in [3.05, 3.63) is 0 Å². The second-order valence-electron chi connectivity index (χ2n) is 5.20. The summed E-state index contributed by atoms with van der Waals surface area (Å²) in [5.74, 6) is -1.50. The Morgan fingerprint density at radius 1 is 1.28 bits per heavy atom. The van der Waals surface area contributed by atoms with Crippen LogP contribution in [-0.4, -0.2) is 42.7 Å². The summed E-state index contributed by atoms with van der Waals surface area (Å²) in [4.78, 5) is 13.2. The van der Waals surface area contributed by atoms with Gasteiger partial charge in [0.2, 0.25) is 5.91 Å². The standard InChI is InChI=1S/C12H19F3N2O/c13-12(14,15)9-2-1-7-17(8-9)11(18)5-6-16-10-3-4-10/h9-10,16H,1-8H2.